The molecule has 0 aliphatic carbocycles. The van der Waals surface area contributed by atoms with E-state index >= 15 is 0 Å². The molecule has 1 aromatic heterocycles. The Labute approximate surface area is 96.7 Å². The van der Waals surface area contributed by atoms with Crippen molar-refractivity contribution in [3.63, 3.8) is 0 Å². The third-order valence-corrected chi connectivity index (χ3v) is 2.30. The predicted octanol–water partition coefficient (Wildman–Crippen LogP) is 2.94. The fourth-order valence-corrected chi connectivity index (χ4v) is 1.73. The van der Waals surface area contributed by atoms with Crippen molar-refractivity contribution in [1.29, 1.82) is 0 Å². The Morgan fingerprint density at radius 1 is 1.31 bits per heavy atom. The van der Waals surface area contributed by atoms with Crippen molar-refractivity contribution in [2.75, 3.05) is 0 Å². The van der Waals surface area contributed by atoms with Crippen LogP contribution in [0.2, 0.25) is 0 Å². The molecule has 1 aromatic rings. The van der Waals surface area contributed by atoms with Crippen LogP contribution in [-0.4, -0.2) is 22.9 Å². The van der Waals surface area contributed by atoms with E-state index in [-0.39, 0.29) is 18.0 Å². The summed E-state index contributed by atoms with van der Waals surface area (Å²) in [5.74, 6) is 0.710. The highest BCUT2D eigenvalue weighted by atomic mass is 16.3. The topological polar surface area (TPSA) is 33.5 Å². The Kier molecular flexibility index (Phi) is 4.35. The molecule has 0 spiro atoms. The van der Waals surface area contributed by atoms with Crippen molar-refractivity contribution in [3.8, 4) is 0 Å². The minimum Gasteiger partial charge on any atom is -0.465 e. The summed E-state index contributed by atoms with van der Waals surface area (Å²) in [6, 6.07) is 4.02. The monoisotopic (exact) mass is 221 g/mol. The highest BCUT2D eigenvalue weighted by Crippen LogP contribution is 2.08. The third-order valence-electron chi connectivity index (χ3n) is 2.30. The normalized spacial score (nSPS) is 11.6. The zero-order chi connectivity index (χ0) is 12.1. The van der Waals surface area contributed by atoms with E-state index in [1.165, 1.54) is 0 Å². The Hall–Kier alpha value is -1.51. The lowest BCUT2D eigenvalue weighted by atomic mass is 10.2. The van der Waals surface area contributed by atoms with Crippen LogP contribution in [0, 0.1) is 0 Å². The van der Waals surface area contributed by atoms with Gasteiger partial charge in [-0.3, -0.25) is 4.79 Å². The number of nitrogens with zero attached hydrogens (tertiary/aromatic N) is 1. The zero-order valence-corrected chi connectivity index (χ0v) is 10.3. The summed E-state index contributed by atoms with van der Waals surface area (Å²) >= 11 is 0. The molecule has 0 unspecified atom stereocenters. The first-order chi connectivity index (χ1) is 7.52. The number of hydrogen-bond acceptors (Lipinski definition) is 2. The molecule has 0 bridgehead atoms. The van der Waals surface area contributed by atoms with Gasteiger partial charge < -0.3 is 9.32 Å². The maximum atomic E-state index is 11.9. The number of furan rings is 1. The fraction of sp³-hybridized carbons (Fsp3) is 0.462. The summed E-state index contributed by atoms with van der Waals surface area (Å²) in [6.07, 6.45) is 4.84. The van der Waals surface area contributed by atoms with E-state index < -0.39 is 0 Å². The van der Waals surface area contributed by atoms with Gasteiger partial charge in [0.1, 0.15) is 5.76 Å². The standard InChI is InChI=1S/C13H19NO2/c1-10(2)14(11(3)4)13(15)8-7-12-6-5-9-16-12/h5-11H,1-4H3/b8-7+. The van der Waals surface area contributed by atoms with E-state index in [9.17, 15) is 4.79 Å². The van der Waals surface area contributed by atoms with Crippen LogP contribution in [0.25, 0.3) is 6.08 Å². The fourth-order valence-electron chi connectivity index (χ4n) is 1.73. The van der Waals surface area contributed by atoms with Crippen molar-refractivity contribution in [2.45, 2.75) is 39.8 Å². The molecule has 0 aliphatic rings. The van der Waals surface area contributed by atoms with E-state index in [2.05, 4.69) is 0 Å². The van der Waals surface area contributed by atoms with Gasteiger partial charge in [-0.2, -0.15) is 0 Å². The summed E-state index contributed by atoms with van der Waals surface area (Å²) in [4.78, 5) is 13.8. The van der Waals surface area contributed by atoms with Crippen molar-refractivity contribution < 1.29 is 9.21 Å². The van der Waals surface area contributed by atoms with Gasteiger partial charge in [-0.15, -0.1) is 0 Å². The minimum atomic E-state index is 0.0152. The molecule has 0 saturated carbocycles. The predicted molar refractivity (Wildman–Crippen MR) is 64.9 cm³/mol. The molecule has 1 rings (SSSR count). The maximum absolute atomic E-state index is 11.9. The summed E-state index contributed by atoms with van der Waals surface area (Å²) in [5, 5.41) is 0. The first-order valence-corrected chi connectivity index (χ1v) is 5.56. The van der Waals surface area contributed by atoms with Crippen LogP contribution in [0.1, 0.15) is 33.5 Å². The highest BCUT2D eigenvalue weighted by Gasteiger charge is 2.17. The summed E-state index contributed by atoms with van der Waals surface area (Å²) in [5.41, 5.74) is 0. The number of hydrogen-bond donors (Lipinski definition) is 0. The van der Waals surface area contributed by atoms with E-state index in [0.29, 0.717) is 5.76 Å². The quantitative estimate of drug-likeness (QED) is 0.732. The highest BCUT2D eigenvalue weighted by molar-refractivity contribution is 5.91. The number of carbonyl (C=O) groups is 1. The Morgan fingerprint density at radius 2 is 1.94 bits per heavy atom. The van der Waals surface area contributed by atoms with Crippen molar-refractivity contribution >= 4 is 12.0 Å². The molecule has 1 heterocycles. The molecule has 1 amide bonds. The molecule has 0 atom stereocenters. The van der Waals surface area contributed by atoms with E-state index in [4.69, 9.17) is 4.42 Å². The second-order valence-corrected chi connectivity index (χ2v) is 4.28. The van der Waals surface area contributed by atoms with Gasteiger partial charge in [-0.25, -0.2) is 0 Å². The summed E-state index contributed by atoms with van der Waals surface area (Å²) in [7, 11) is 0. The van der Waals surface area contributed by atoms with Crippen LogP contribution in [0.3, 0.4) is 0 Å². The molecule has 0 N–H and O–H groups in total. The van der Waals surface area contributed by atoms with Crippen LogP contribution in [0.5, 0.6) is 0 Å². The second kappa shape index (κ2) is 5.54. The largest absolute Gasteiger partial charge is 0.465 e. The average Bonchev–Trinajstić information content (AvgIpc) is 2.65. The van der Waals surface area contributed by atoms with E-state index in [1.807, 2.05) is 38.7 Å². The Morgan fingerprint density at radius 3 is 2.38 bits per heavy atom. The first-order valence-electron chi connectivity index (χ1n) is 5.56. The van der Waals surface area contributed by atoms with Crippen molar-refractivity contribution in [2.24, 2.45) is 0 Å². The molecule has 3 heteroatoms. The molecule has 0 aliphatic heterocycles. The van der Waals surface area contributed by atoms with Gasteiger partial charge in [0.25, 0.3) is 0 Å². The Bertz CT molecular complexity index is 342. The number of amides is 1. The first kappa shape index (κ1) is 12.6. The molecule has 16 heavy (non-hydrogen) atoms. The minimum absolute atomic E-state index is 0.0152. The van der Waals surface area contributed by atoms with Crippen LogP contribution in [0.4, 0.5) is 0 Å². The summed E-state index contributed by atoms with van der Waals surface area (Å²) in [6.45, 7) is 8.05. The van der Waals surface area contributed by atoms with Crippen molar-refractivity contribution in [1.82, 2.24) is 4.90 Å². The molecule has 0 radical (unpaired) electrons. The molecule has 0 aromatic carbocycles. The maximum Gasteiger partial charge on any atom is 0.247 e. The van der Waals surface area contributed by atoms with E-state index in [0.717, 1.165) is 0 Å². The van der Waals surface area contributed by atoms with Crippen LogP contribution in [-0.2, 0) is 4.79 Å². The lowest BCUT2D eigenvalue weighted by Crippen LogP contribution is -2.41. The number of carbonyl (C=O) groups excluding carboxylic acids is 1. The van der Waals surface area contributed by atoms with Crippen LogP contribution in [0.15, 0.2) is 28.9 Å². The molecular weight excluding hydrogens is 202 g/mol. The lowest BCUT2D eigenvalue weighted by molar-refractivity contribution is -0.129. The zero-order valence-electron chi connectivity index (χ0n) is 10.3. The molecule has 0 saturated heterocycles. The van der Waals surface area contributed by atoms with Gasteiger partial charge >= 0.3 is 0 Å². The van der Waals surface area contributed by atoms with Gasteiger partial charge in [0.2, 0.25) is 5.91 Å². The van der Waals surface area contributed by atoms with Gasteiger partial charge in [0, 0.05) is 18.2 Å². The van der Waals surface area contributed by atoms with Crippen LogP contribution >= 0.6 is 0 Å². The van der Waals surface area contributed by atoms with Crippen LogP contribution < -0.4 is 0 Å². The third kappa shape index (κ3) is 3.26. The number of rotatable bonds is 4. The molecule has 88 valence electrons. The summed E-state index contributed by atoms with van der Waals surface area (Å²) < 4.78 is 5.13. The molecule has 3 nitrogen and oxygen atoms in total. The van der Waals surface area contributed by atoms with Gasteiger partial charge in [0.05, 0.1) is 6.26 Å². The van der Waals surface area contributed by atoms with Gasteiger partial charge in [0.15, 0.2) is 0 Å². The Balaban J connectivity index is 2.70. The smallest absolute Gasteiger partial charge is 0.247 e. The second-order valence-electron chi connectivity index (χ2n) is 4.28. The SMILES string of the molecule is CC(C)N(C(=O)/C=C/c1ccco1)C(C)C. The van der Waals surface area contributed by atoms with Crippen molar-refractivity contribution in [3.05, 3.63) is 30.2 Å². The van der Waals surface area contributed by atoms with Gasteiger partial charge in [-0.05, 0) is 45.9 Å². The molecular formula is C13H19NO2. The van der Waals surface area contributed by atoms with E-state index in [1.54, 1.807) is 24.5 Å². The average molecular weight is 221 g/mol. The lowest BCUT2D eigenvalue weighted by Gasteiger charge is -2.29. The molecule has 0 fully saturated rings. The van der Waals surface area contributed by atoms with Gasteiger partial charge in [-0.1, -0.05) is 0 Å².